The summed E-state index contributed by atoms with van der Waals surface area (Å²) in [5.41, 5.74) is 2.78. The van der Waals surface area contributed by atoms with Crippen molar-refractivity contribution in [2.75, 3.05) is 31.2 Å². The van der Waals surface area contributed by atoms with E-state index in [2.05, 4.69) is 29.2 Å². The molecule has 0 amide bonds. The van der Waals surface area contributed by atoms with E-state index in [0.717, 1.165) is 13.1 Å². The molecule has 0 unspecified atom stereocenters. The molecule has 1 aliphatic heterocycles. The van der Waals surface area contributed by atoms with E-state index in [1.165, 1.54) is 24.1 Å². The van der Waals surface area contributed by atoms with Crippen LogP contribution >= 0.6 is 0 Å². The highest BCUT2D eigenvalue weighted by Crippen LogP contribution is 2.26. The van der Waals surface area contributed by atoms with Gasteiger partial charge >= 0.3 is 0 Å². The molecule has 0 radical (unpaired) electrons. The summed E-state index contributed by atoms with van der Waals surface area (Å²) in [6, 6.07) is 8.64. The first-order chi connectivity index (χ1) is 8.85. The summed E-state index contributed by atoms with van der Waals surface area (Å²) in [6.45, 7) is 7.32. The Balaban J connectivity index is 2.05. The summed E-state index contributed by atoms with van der Waals surface area (Å²) < 4.78 is 11.3. The molecule has 0 spiro atoms. The number of hydrogen-bond donors (Lipinski definition) is 0. The van der Waals surface area contributed by atoms with E-state index in [0.29, 0.717) is 13.2 Å². The van der Waals surface area contributed by atoms with Crippen LogP contribution in [0.15, 0.2) is 24.3 Å². The minimum absolute atomic E-state index is 0.119. The van der Waals surface area contributed by atoms with E-state index in [9.17, 15) is 0 Å². The van der Waals surface area contributed by atoms with Crippen molar-refractivity contribution in [1.82, 2.24) is 0 Å². The Morgan fingerprint density at radius 2 is 1.89 bits per heavy atom. The van der Waals surface area contributed by atoms with E-state index in [4.69, 9.17) is 9.47 Å². The van der Waals surface area contributed by atoms with Gasteiger partial charge in [-0.1, -0.05) is 18.2 Å². The van der Waals surface area contributed by atoms with Gasteiger partial charge in [0.2, 0.25) is 0 Å². The highest BCUT2D eigenvalue weighted by atomic mass is 16.7. The number of nitrogens with zero attached hydrogens (tertiary/aromatic N) is 1. The van der Waals surface area contributed by atoms with Gasteiger partial charge in [-0.2, -0.15) is 0 Å². The molecular formula is C15H23NO2. The van der Waals surface area contributed by atoms with Gasteiger partial charge in [0.25, 0.3) is 0 Å². The second-order valence-corrected chi connectivity index (χ2v) is 4.52. The SMILES string of the molecule is CCOC(CN1CCCc2ccccc21)OCC. The number of aryl methyl sites for hydroxylation is 1. The number of anilines is 1. The minimum atomic E-state index is -0.119. The lowest BCUT2D eigenvalue weighted by molar-refractivity contribution is -0.129. The van der Waals surface area contributed by atoms with Crippen molar-refractivity contribution in [3.05, 3.63) is 29.8 Å². The zero-order chi connectivity index (χ0) is 12.8. The molecule has 0 N–H and O–H groups in total. The molecular weight excluding hydrogens is 226 g/mol. The quantitative estimate of drug-likeness (QED) is 0.724. The number of fused-ring (bicyclic) bond motifs is 1. The predicted molar refractivity (Wildman–Crippen MR) is 74.0 cm³/mol. The normalized spacial score (nSPS) is 14.9. The number of hydrogen-bond acceptors (Lipinski definition) is 3. The number of benzene rings is 1. The second kappa shape index (κ2) is 6.76. The Labute approximate surface area is 110 Å². The van der Waals surface area contributed by atoms with E-state index in [-0.39, 0.29) is 6.29 Å². The Hall–Kier alpha value is -1.06. The Morgan fingerprint density at radius 1 is 1.17 bits per heavy atom. The van der Waals surface area contributed by atoms with Gasteiger partial charge < -0.3 is 14.4 Å². The Kier molecular flexibility index (Phi) is 5.02. The van der Waals surface area contributed by atoms with Crippen molar-refractivity contribution in [2.45, 2.75) is 33.0 Å². The molecule has 0 aromatic heterocycles. The minimum Gasteiger partial charge on any atom is -0.366 e. The Morgan fingerprint density at radius 3 is 2.61 bits per heavy atom. The van der Waals surface area contributed by atoms with Gasteiger partial charge in [-0.05, 0) is 38.3 Å². The maximum absolute atomic E-state index is 5.64. The highest BCUT2D eigenvalue weighted by Gasteiger charge is 2.20. The molecule has 0 atom stereocenters. The van der Waals surface area contributed by atoms with E-state index >= 15 is 0 Å². The van der Waals surface area contributed by atoms with Crippen LogP contribution in [0.5, 0.6) is 0 Å². The summed E-state index contributed by atoms with van der Waals surface area (Å²) in [4.78, 5) is 2.38. The molecule has 1 aromatic rings. The molecule has 2 rings (SSSR count). The smallest absolute Gasteiger partial charge is 0.174 e. The fourth-order valence-corrected chi connectivity index (χ4v) is 2.51. The maximum atomic E-state index is 5.64. The molecule has 0 fully saturated rings. The van der Waals surface area contributed by atoms with Gasteiger partial charge in [-0.25, -0.2) is 0 Å². The van der Waals surface area contributed by atoms with Crippen molar-refractivity contribution in [1.29, 1.82) is 0 Å². The summed E-state index contributed by atoms with van der Waals surface area (Å²) in [7, 11) is 0. The lowest BCUT2D eigenvalue weighted by Gasteiger charge is -2.33. The first kappa shape index (κ1) is 13.4. The van der Waals surface area contributed by atoms with Gasteiger partial charge in [0.1, 0.15) is 0 Å². The van der Waals surface area contributed by atoms with Crippen LogP contribution in [0.4, 0.5) is 5.69 Å². The van der Waals surface area contributed by atoms with Crippen LogP contribution in [-0.2, 0) is 15.9 Å². The average Bonchev–Trinajstić information content (AvgIpc) is 2.40. The van der Waals surface area contributed by atoms with Crippen LogP contribution in [0.1, 0.15) is 25.8 Å². The molecule has 0 saturated carbocycles. The van der Waals surface area contributed by atoms with Crippen LogP contribution in [0, 0.1) is 0 Å². The largest absolute Gasteiger partial charge is 0.366 e. The molecule has 1 aromatic carbocycles. The maximum Gasteiger partial charge on any atom is 0.174 e. The topological polar surface area (TPSA) is 21.7 Å². The molecule has 0 aliphatic carbocycles. The van der Waals surface area contributed by atoms with Gasteiger partial charge in [0.05, 0.1) is 6.54 Å². The average molecular weight is 249 g/mol. The fraction of sp³-hybridized carbons (Fsp3) is 0.600. The lowest BCUT2D eigenvalue weighted by Crippen LogP contribution is -2.38. The Bertz CT molecular complexity index is 361. The molecule has 1 heterocycles. The summed E-state index contributed by atoms with van der Waals surface area (Å²) in [5.74, 6) is 0. The van der Waals surface area contributed by atoms with Gasteiger partial charge in [-0.15, -0.1) is 0 Å². The van der Waals surface area contributed by atoms with Crippen molar-refractivity contribution < 1.29 is 9.47 Å². The van der Waals surface area contributed by atoms with Crippen molar-refractivity contribution in [2.24, 2.45) is 0 Å². The van der Waals surface area contributed by atoms with E-state index in [1.807, 2.05) is 13.8 Å². The van der Waals surface area contributed by atoms with E-state index < -0.39 is 0 Å². The molecule has 18 heavy (non-hydrogen) atoms. The number of para-hydroxylation sites is 1. The summed E-state index contributed by atoms with van der Waals surface area (Å²) in [6.07, 6.45) is 2.27. The zero-order valence-corrected chi connectivity index (χ0v) is 11.4. The van der Waals surface area contributed by atoms with Crippen LogP contribution in [-0.4, -0.2) is 32.6 Å². The monoisotopic (exact) mass is 249 g/mol. The number of rotatable bonds is 6. The number of ether oxygens (including phenoxy) is 2. The molecule has 100 valence electrons. The van der Waals surface area contributed by atoms with Crippen LogP contribution in [0.25, 0.3) is 0 Å². The second-order valence-electron chi connectivity index (χ2n) is 4.52. The summed E-state index contributed by atoms with van der Waals surface area (Å²) in [5, 5.41) is 0. The first-order valence-electron chi connectivity index (χ1n) is 6.91. The van der Waals surface area contributed by atoms with Crippen molar-refractivity contribution >= 4 is 5.69 Å². The molecule has 3 nitrogen and oxygen atoms in total. The first-order valence-corrected chi connectivity index (χ1v) is 6.91. The summed E-state index contributed by atoms with van der Waals surface area (Å²) >= 11 is 0. The molecule has 3 heteroatoms. The lowest BCUT2D eigenvalue weighted by atomic mass is 10.0. The standard InChI is InChI=1S/C15H23NO2/c1-3-17-15(18-4-2)12-16-11-7-9-13-8-5-6-10-14(13)16/h5-6,8,10,15H,3-4,7,9,11-12H2,1-2H3. The van der Waals surface area contributed by atoms with Gasteiger partial charge in [0.15, 0.2) is 6.29 Å². The molecule has 0 bridgehead atoms. The third-order valence-electron chi connectivity index (χ3n) is 3.28. The van der Waals surface area contributed by atoms with Gasteiger partial charge in [-0.3, -0.25) is 0 Å². The van der Waals surface area contributed by atoms with Crippen LogP contribution in [0.2, 0.25) is 0 Å². The zero-order valence-electron chi connectivity index (χ0n) is 11.4. The van der Waals surface area contributed by atoms with Crippen LogP contribution in [0.3, 0.4) is 0 Å². The third-order valence-corrected chi connectivity index (χ3v) is 3.28. The molecule has 0 saturated heterocycles. The van der Waals surface area contributed by atoms with Crippen molar-refractivity contribution in [3.8, 4) is 0 Å². The van der Waals surface area contributed by atoms with E-state index in [1.54, 1.807) is 0 Å². The fourth-order valence-electron chi connectivity index (χ4n) is 2.51. The highest BCUT2D eigenvalue weighted by molar-refractivity contribution is 5.55. The van der Waals surface area contributed by atoms with Crippen molar-refractivity contribution in [3.63, 3.8) is 0 Å². The van der Waals surface area contributed by atoms with Crippen LogP contribution < -0.4 is 4.90 Å². The predicted octanol–water partition coefficient (Wildman–Crippen LogP) is 2.84. The third kappa shape index (κ3) is 3.24. The molecule has 1 aliphatic rings. The van der Waals surface area contributed by atoms with Gasteiger partial charge in [0, 0.05) is 25.4 Å².